The van der Waals surface area contributed by atoms with Crippen LogP contribution in [0.3, 0.4) is 0 Å². The van der Waals surface area contributed by atoms with Crippen LogP contribution in [0.4, 0.5) is 23.1 Å². The quantitative estimate of drug-likeness (QED) is 0.329. The van der Waals surface area contributed by atoms with Gasteiger partial charge in [0.2, 0.25) is 5.95 Å². The summed E-state index contributed by atoms with van der Waals surface area (Å²) in [7, 11) is -3.75. The van der Waals surface area contributed by atoms with E-state index in [-0.39, 0.29) is 4.90 Å². The molecule has 9 nitrogen and oxygen atoms in total. The van der Waals surface area contributed by atoms with Gasteiger partial charge in [0.1, 0.15) is 17.3 Å². The van der Waals surface area contributed by atoms with Crippen molar-refractivity contribution in [2.24, 2.45) is 0 Å². The number of hydrogen-bond acceptors (Lipinski definition) is 8. The number of nitrogens with one attached hydrogen (secondary N) is 3. The fourth-order valence-electron chi connectivity index (χ4n) is 3.73. The van der Waals surface area contributed by atoms with Crippen LogP contribution in [-0.2, 0) is 10.0 Å². The average molecular weight is 503 g/mol. The topological polar surface area (TPSA) is 108 Å². The normalized spacial score (nSPS) is 13.7. The SMILES string of the molecule is O=S(=O)(Nc1ccc(Nc2ccnc(N3CCNCC3)n2)cc1)c1ccc(Oc2ccccc2)cc1. The third-order valence-electron chi connectivity index (χ3n) is 5.57. The number of sulfonamides is 1. The van der Waals surface area contributed by atoms with E-state index in [0.29, 0.717) is 29.0 Å². The molecule has 0 aliphatic carbocycles. The summed E-state index contributed by atoms with van der Waals surface area (Å²) in [4.78, 5) is 11.3. The molecule has 1 aliphatic rings. The van der Waals surface area contributed by atoms with Crippen LogP contribution in [0.2, 0.25) is 0 Å². The lowest BCUT2D eigenvalue weighted by Crippen LogP contribution is -2.44. The summed E-state index contributed by atoms with van der Waals surface area (Å²) in [5.41, 5.74) is 1.24. The lowest BCUT2D eigenvalue weighted by Gasteiger charge is -2.27. The molecule has 0 bridgehead atoms. The average Bonchev–Trinajstić information content (AvgIpc) is 2.91. The third-order valence-corrected chi connectivity index (χ3v) is 6.96. The van der Waals surface area contributed by atoms with Gasteiger partial charge in [-0.05, 0) is 66.7 Å². The van der Waals surface area contributed by atoms with Gasteiger partial charge in [-0.1, -0.05) is 18.2 Å². The Morgan fingerprint density at radius 1 is 0.806 bits per heavy atom. The Kier molecular flexibility index (Phi) is 6.96. The van der Waals surface area contributed by atoms with Crippen molar-refractivity contribution in [3.8, 4) is 11.5 Å². The molecule has 1 aromatic heterocycles. The van der Waals surface area contributed by atoms with Gasteiger partial charge >= 0.3 is 0 Å². The number of anilines is 4. The molecule has 0 saturated carbocycles. The minimum atomic E-state index is -3.75. The summed E-state index contributed by atoms with van der Waals surface area (Å²) in [6, 6.07) is 24.4. The van der Waals surface area contributed by atoms with Crippen LogP contribution < -0.4 is 25.0 Å². The Morgan fingerprint density at radius 2 is 1.47 bits per heavy atom. The van der Waals surface area contributed by atoms with Crippen LogP contribution in [0.25, 0.3) is 0 Å². The highest BCUT2D eigenvalue weighted by Crippen LogP contribution is 2.25. The van der Waals surface area contributed by atoms with Gasteiger partial charge in [-0.15, -0.1) is 0 Å². The minimum absolute atomic E-state index is 0.145. The largest absolute Gasteiger partial charge is 0.457 e. The molecule has 0 unspecified atom stereocenters. The molecule has 0 atom stereocenters. The molecule has 3 aromatic carbocycles. The molecule has 36 heavy (non-hydrogen) atoms. The van der Waals surface area contributed by atoms with Gasteiger partial charge in [0.25, 0.3) is 10.0 Å². The summed E-state index contributed by atoms with van der Waals surface area (Å²) >= 11 is 0. The van der Waals surface area contributed by atoms with Crippen molar-refractivity contribution in [3.05, 3.63) is 91.1 Å². The van der Waals surface area contributed by atoms with E-state index in [1.807, 2.05) is 30.3 Å². The van der Waals surface area contributed by atoms with E-state index in [2.05, 4.69) is 30.2 Å². The van der Waals surface area contributed by atoms with Crippen molar-refractivity contribution in [2.45, 2.75) is 4.90 Å². The lowest BCUT2D eigenvalue weighted by molar-refractivity contribution is 0.482. The second-order valence-electron chi connectivity index (χ2n) is 8.17. The van der Waals surface area contributed by atoms with E-state index in [0.717, 1.165) is 31.9 Å². The van der Waals surface area contributed by atoms with Gasteiger partial charge in [-0.25, -0.2) is 13.4 Å². The smallest absolute Gasteiger partial charge is 0.261 e. The molecule has 1 saturated heterocycles. The minimum Gasteiger partial charge on any atom is -0.457 e. The van der Waals surface area contributed by atoms with E-state index in [1.54, 1.807) is 48.7 Å². The highest BCUT2D eigenvalue weighted by Gasteiger charge is 2.15. The fraction of sp³-hybridized carbons (Fsp3) is 0.154. The zero-order chi connectivity index (χ0) is 24.8. The molecular weight excluding hydrogens is 476 g/mol. The maximum absolute atomic E-state index is 12.8. The zero-order valence-corrected chi connectivity index (χ0v) is 20.3. The number of rotatable bonds is 8. The molecule has 1 fully saturated rings. The van der Waals surface area contributed by atoms with Crippen LogP contribution in [0.15, 0.2) is 96.0 Å². The Labute approximate surface area is 210 Å². The Hall–Kier alpha value is -4.15. The first-order valence-corrected chi connectivity index (χ1v) is 13.1. The molecule has 3 N–H and O–H groups in total. The molecule has 10 heteroatoms. The number of ether oxygens (including phenoxy) is 1. The molecular formula is C26H26N6O3S. The van der Waals surface area contributed by atoms with Crippen LogP contribution >= 0.6 is 0 Å². The predicted octanol–water partition coefficient (Wildman–Crippen LogP) is 4.22. The monoisotopic (exact) mass is 502 g/mol. The van der Waals surface area contributed by atoms with Crippen LogP contribution in [0, 0.1) is 0 Å². The fourth-order valence-corrected chi connectivity index (χ4v) is 4.79. The van der Waals surface area contributed by atoms with Gasteiger partial charge in [0.15, 0.2) is 0 Å². The van der Waals surface area contributed by atoms with Crippen molar-refractivity contribution >= 4 is 33.2 Å². The van der Waals surface area contributed by atoms with Crippen LogP contribution in [0.5, 0.6) is 11.5 Å². The molecule has 0 spiro atoms. The maximum atomic E-state index is 12.8. The number of para-hydroxylation sites is 1. The molecule has 184 valence electrons. The first-order chi connectivity index (χ1) is 17.5. The van der Waals surface area contributed by atoms with Crippen molar-refractivity contribution in [2.75, 3.05) is 41.1 Å². The summed E-state index contributed by atoms with van der Waals surface area (Å²) in [5, 5.41) is 6.56. The zero-order valence-electron chi connectivity index (χ0n) is 19.5. The summed E-state index contributed by atoms with van der Waals surface area (Å²) in [5.74, 6) is 2.60. The molecule has 4 aromatic rings. The first-order valence-electron chi connectivity index (χ1n) is 11.6. The van der Waals surface area contributed by atoms with Crippen molar-refractivity contribution in [1.29, 1.82) is 0 Å². The van der Waals surface area contributed by atoms with Gasteiger partial charge in [-0.3, -0.25) is 4.72 Å². The van der Waals surface area contributed by atoms with Gasteiger partial charge in [0, 0.05) is 43.8 Å². The van der Waals surface area contributed by atoms with E-state index in [1.165, 1.54) is 12.1 Å². The number of piperazine rings is 1. The van der Waals surface area contributed by atoms with E-state index in [4.69, 9.17) is 4.74 Å². The number of hydrogen-bond donors (Lipinski definition) is 3. The molecule has 2 heterocycles. The van der Waals surface area contributed by atoms with Crippen molar-refractivity contribution in [3.63, 3.8) is 0 Å². The Bertz CT molecular complexity index is 1390. The van der Waals surface area contributed by atoms with E-state index < -0.39 is 10.0 Å². The summed E-state index contributed by atoms with van der Waals surface area (Å²) < 4.78 is 34.0. The number of benzene rings is 3. The molecule has 1 aliphatic heterocycles. The third kappa shape index (κ3) is 5.91. The summed E-state index contributed by atoms with van der Waals surface area (Å²) in [6.45, 7) is 3.54. The highest BCUT2D eigenvalue weighted by molar-refractivity contribution is 7.92. The standard InChI is InChI=1S/C26H26N6O3S/c33-36(34,24-12-10-23(11-13-24)35-22-4-2-1-3-5-22)31-21-8-6-20(7-9-21)29-25-14-15-28-26(30-25)32-18-16-27-17-19-32/h1-15,27,31H,16-19H2,(H,28,29,30). The summed E-state index contributed by atoms with van der Waals surface area (Å²) in [6.07, 6.45) is 1.73. The second-order valence-corrected chi connectivity index (χ2v) is 9.86. The lowest BCUT2D eigenvalue weighted by atomic mass is 10.3. The van der Waals surface area contributed by atoms with E-state index >= 15 is 0 Å². The molecule has 0 radical (unpaired) electrons. The van der Waals surface area contributed by atoms with Crippen LogP contribution in [0.1, 0.15) is 0 Å². The predicted molar refractivity (Wildman–Crippen MR) is 141 cm³/mol. The molecule has 5 rings (SSSR count). The highest BCUT2D eigenvalue weighted by atomic mass is 32.2. The maximum Gasteiger partial charge on any atom is 0.261 e. The van der Waals surface area contributed by atoms with E-state index in [9.17, 15) is 8.42 Å². The van der Waals surface area contributed by atoms with Crippen molar-refractivity contribution in [1.82, 2.24) is 15.3 Å². The first kappa shape index (κ1) is 23.6. The number of nitrogens with zero attached hydrogens (tertiary/aromatic N) is 3. The molecule has 0 amide bonds. The number of aromatic nitrogens is 2. The Morgan fingerprint density at radius 3 is 2.19 bits per heavy atom. The van der Waals surface area contributed by atoms with Gasteiger partial charge in [0.05, 0.1) is 4.90 Å². The van der Waals surface area contributed by atoms with Gasteiger partial charge in [-0.2, -0.15) is 4.98 Å². The van der Waals surface area contributed by atoms with Crippen molar-refractivity contribution < 1.29 is 13.2 Å². The van der Waals surface area contributed by atoms with Crippen LogP contribution in [-0.4, -0.2) is 44.6 Å². The Balaban J connectivity index is 1.21. The second kappa shape index (κ2) is 10.6. The van der Waals surface area contributed by atoms with Gasteiger partial charge < -0.3 is 20.3 Å².